The molecule has 1 saturated carbocycles. The summed E-state index contributed by atoms with van der Waals surface area (Å²) in [5.41, 5.74) is 5.98. The first-order valence-electron chi connectivity index (χ1n) is 5.10. The molecule has 15 heavy (non-hydrogen) atoms. The van der Waals surface area contributed by atoms with Crippen LogP contribution in [0.2, 0.25) is 0 Å². The average molecular weight is 225 g/mol. The van der Waals surface area contributed by atoms with E-state index in [-0.39, 0.29) is 5.91 Å². The third-order valence-electron chi connectivity index (χ3n) is 2.52. The van der Waals surface area contributed by atoms with Gasteiger partial charge in [0.15, 0.2) is 0 Å². The Bertz CT molecular complexity index is 359. The van der Waals surface area contributed by atoms with Crippen molar-refractivity contribution in [2.75, 3.05) is 13.6 Å². The number of thiazole rings is 1. The van der Waals surface area contributed by atoms with E-state index in [1.807, 2.05) is 7.05 Å². The lowest BCUT2D eigenvalue weighted by Crippen LogP contribution is -2.29. The first kappa shape index (κ1) is 10.6. The molecule has 1 aliphatic rings. The lowest BCUT2D eigenvalue weighted by molar-refractivity contribution is 0.0783. The van der Waals surface area contributed by atoms with Gasteiger partial charge in [0.2, 0.25) is 0 Å². The van der Waals surface area contributed by atoms with Crippen LogP contribution in [0, 0.1) is 5.92 Å². The van der Waals surface area contributed by atoms with Gasteiger partial charge in [-0.25, -0.2) is 4.98 Å². The molecule has 2 rings (SSSR count). The highest BCUT2D eigenvalue weighted by Crippen LogP contribution is 2.29. The monoisotopic (exact) mass is 225 g/mol. The number of amides is 1. The molecule has 1 aromatic rings. The van der Waals surface area contributed by atoms with Crippen molar-refractivity contribution < 1.29 is 4.79 Å². The highest BCUT2D eigenvalue weighted by molar-refractivity contribution is 7.09. The third kappa shape index (κ3) is 2.54. The molecule has 0 radical (unpaired) electrons. The summed E-state index contributed by atoms with van der Waals surface area (Å²) >= 11 is 1.45. The van der Waals surface area contributed by atoms with Crippen molar-refractivity contribution in [1.82, 2.24) is 9.88 Å². The van der Waals surface area contributed by atoms with E-state index < -0.39 is 0 Å². The Kier molecular flexibility index (Phi) is 3.02. The van der Waals surface area contributed by atoms with Crippen molar-refractivity contribution in [3.8, 4) is 0 Å². The van der Waals surface area contributed by atoms with E-state index in [1.165, 1.54) is 24.2 Å². The summed E-state index contributed by atoms with van der Waals surface area (Å²) in [4.78, 5) is 17.8. The van der Waals surface area contributed by atoms with Crippen LogP contribution in [0.5, 0.6) is 0 Å². The van der Waals surface area contributed by atoms with Crippen LogP contribution in [0.25, 0.3) is 0 Å². The van der Waals surface area contributed by atoms with E-state index in [0.717, 1.165) is 11.6 Å². The lowest BCUT2D eigenvalue weighted by Gasteiger charge is -2.14. The highest BCUT2D eigenvalue weighted by Gasteiger charge is 2.25. The Morgan fingerprint density at radius 3 is 3.00 bits per heavy atom. The van der Waals surface area contributed by atoms with Gasteiger partial charge in [-0.05, 0) is 18.8 Å². The summed E-state index contributed by atoms with van der Waals surface area (Å²) in [5.74, 6) is 0.726. The molecule has 0 spiro atoms. The molecular formula is C10H15N3OS. The van der Waals surface area contributed by atoms with Crippen LogP contribution >= 0.6 is 11.3 Å². The quantitative estimate of drug-likeness (QED) is 0.834. The highest BCUT2D eigenvalue weighted by atomic mass is 32.1. The maximum atomic E-state index is 11.9. The van der Waals surface area contributed by atoms with E-state index in [2.05, 4.69) is 4.98 Å². The molecule has 0 aliphatic heterocycles. The summed E-state index contributed by atoms with van der Waals surface area (Å²) in [6.07, 6.45) is 2.51. The predicted octanol–water partition coefficient (Wildman–Crippen LogP) is 1.08. The maximum Gasteiger partial charge on any atom is 0.273 e. The van der Waals surface area contributed by atoms with Crippen LogP contribution in [-0.2, 0) is 6.54 Å². The van der Waals surface area contributed by atoms with Crippen LogP contribution < -0.4 is 5.73 Å². The molecule has 2 N–H and O–H groups in total. The van der Waals surface area contributed by atoms with Crippen LogP contribution in [-0.4, -0.2) is 29.4 Å². The van der Waals surface area contributed by atoms with Gasteiger partial charge in [0.25, 0.3) is 5.91 Å². The molecular weight excluding hydrogens is 210 g/mol. The molecule has 5 heteroatoms. The zero-order valence-corrected chi connectivity index (χ0v) is 9.59. The van der Waals surface area contributed by atoms with Crippen LogP contribution in [0.1, 0.15) is 28.3 Å². The van der Waals surface area contributed by atoms with Gasteiger partial charge in [-0.3, -0.25) is 4.79 Å². The molecule has 0 saturated heterocycles. The van der Waals surface area contributed by atoms with Crippen LogP contribution in [0.4, 0.5) is 0 Å². The molecule has 1 aliphatic carbocycles. The van der Waals surface area contributed by atoms with Gasteiger partial charge in [-0.2, -0.15) is 0 Å². The normalized spacial score (nSPS) is 15.3. The SMILES string of the molecule is CN(CC1CC1)C(=O)c1csc(CN)n1. The second kappa shape index (κ2) is 4.28. The van der Waals surface area contributed by atoms with Gasteiger partial charge in [0.05, 0.1) is 0 Å². The minimum absolute atomic E-state index is 0.0119. The Labute approximate surface area is 93.1 Å². The smallest absolute Gasteiger partial charge is 0.273 e. The zero-order chi connectivity index (χ0) is 10.8. The molecule has 1 fully saturated rings. The van der Waals surface area contributed by atoms with E-state index >= 15 is 0 Å². The minimum Gasteiger partial charge on any atom is -0.340 e. The summed E-state index contributed by atoms with van der Waals surface area (Å²) in [7, 11) is 1.84. The fourth-order valence-corrected chi connectivity index (χ4v) is 2.12. The van der Waals surface area contributed by atoms with Crippen molar-refractivity contribution in [3.05, 3.63) is 16.1 Å². The van der Waals surface area contributed by atoms with E-state index in [1.54, 1.807) is 10.3 Å². The number of hydrogen-bond acceptors (Lipinski definition) is 4. The first-order valence-corrected chi connectivity index (χ1v) is 5.98. The van der Waals surface area contributed by atoms with Crippen LogP contribution in [0.15, 0.2) is 5.38 Å². The van der Waals surface area contributed by atoms with E-state index in [9.17, 15) is 4.79 Å². The van der Waals surface area contributed by atoms with Crippen molar-refractivity contribution in [1.29, 1.82) is 0 Å². The standard InChI is InChI=1S/C10H15N3OS/c1-13(5-7-2-3-7)10(14)8-6-15-9(4-11)12-8/h6-7H,2-5,11H2,1H3. The number of carbonyl (C=O) groups is 1. The van der Waals surface area contributed by atoms with Gasteiger partial charge >= 0.3 is 0 Å². The topological polar surface area (TPSA) is 59.2 Å². The molecule has 0 bridgehead atoms. The Morgan fingerprint density at radius 2 is 2.47 bits per heavy atom. The fraction of sp³-hybridized carbons (Fsp3) is 0.600. The van der Waals surface area contributed by atoms with Crippen molar-refractivity contribution in [2.24, 2.45) is 11.7 Å². The summed E-state index contributed by atoms with van der Waals surface area (Å²) in [5, 5.41) is 2.60. The number of aromatic nitrogens is 1. The molecule has 0 unspecified atom stereocenters. The number of nitrogens with zero attached hydrogens (tertiary/aromatic N) is 2. The molecule has 0 aromatic carbocycles. The van der Waals surface area contributed by atoms with Gasteiger partial charge in [-0.1, -0.05) is 0 Å². The maximum absolute atomic E-state index is 11.9. The Balaban J connectivity index is 1.98. The molecule has 1 heterocycles. The minimum atomic E-state index is 0.0119. The number of nitrogens with two attached hydrogens (primary N) is 1. The Hall–Kier alpha value is -0.940. The second-order valence-electron chi connectivity index (χ2n) is 3.96. The third-order valence-corrected chi connectivity index (χ3v) is 3.39. The van der Waals surface area contributed by atoms with Crippen molar-refractivity contribution in [2.45, 2.75) is 19.4 Å². The van der Waals surface area contributed by atoms with Crippen molar-refractivity contribution in [3.63, 3.8) is 0 Å². The van der Waals surface area contributed by atoms with Crippen LogP contribution in [0.3, 0.4) is 0 Å². The summed E-state index contributed by atoms with van der Waals surface area (Å²) < 4.78 is 0. The van der Waals surface area contributed by atoms with Gasteiger partial charge in [0.1, 0.15) is 10.7 Å². The van der Waals surface area contributed by atoms with Gasteiger partial charge < -0.3 is 10.6 Å². The lowest BCUT2D eigenvalue weighted by atomic mass is 10.3. The Morgan fingerprint density at radius 1 is 1.73 bits per heavy atom. The van der Waals surface area contributed by atoms with Crippen molar-refractivity contribution >= 4 is 17.2 Å². The number of hydrogen-bond donors (Lipinski definition) is 1. The summed E-state index contributed by atoms with van der Waals surface area (Å²) in [6.45, 7) is 1.26. The van der Waals surface area contributed by atoms with Gasteiger partial charge in [-0.15, -0.1) is 11.3 Å². The molecule has 4 nitrogen and oxygen atoms in total. The summed E-state index contributed by atoms with van der Waals surface area (Å²) in [6, 6.07) is 0. The molecule has 82 valence electrons. The second-order valence-corrected chi connectivity index (χ2v) is 4.90. The van der Waals surface area contributed by atoms with E-state index in [0.29, 0.717) is 18.2 Å². The fourth-order valence-electron chi connectivity index (χ4n) is 1.47. The zero-order valence-electron chi connectivity index (χ0n) is 8.77. The van der Waals surface area contributed by atoms with E-state index in [4.69, 9.17) is 5.73 Å². The largest absolute Gasteiger partial charge is 0.340 e. The van der Waals surface area contributed by atoms with Gasteiger partial charge in [0, 0.05) is 25.5 Å². The first-order chi connectivity index (χ1) is 7.20. The number of rotatable bonds is 4. The average Bonchev–Trinajstić information content (AvgIpc) is 2.92. The predicted molar refractivity (Wildman–Crippen MR) is 59.7 cm³/mol. The molecule has 1 amide bonds. The number of carbonyl (C=O) groups excluding carboxylic acids is 1. The molecule has 1 aromatic heterocycles. The molecule has 0 atom stereocenters.